The summed E-state index contributed by atoms with van der Waals surface area (Å²) in [5, 5.41) is 9.11. The molecule has 1 aliphatic heterocycles. The third-order valence-electron chi connectivity index (χ3n) is 5.00. The Balaban J connectivity index is 2.02. The Morgan fingerprint density at radius 3 is 1.77 bits per heavy atom. The molecular formula is C22H16Br2N2. The normalized spacial score (nSPS) is 14.3. The van der Waals surface area contributed by atoms with Crippen molar-refractivity contribution < 1.29 is 0 Å². The van der Waals surface area contributed by atoms with E-state index in [9.17, 15) is 0 Å². The smallest absolute Gasteiger partial charge is 0.0991 e. The molecule has 3 aromatic carbocycles. The number of hydrogen-bond donors (Lipinski definition) is 0. The minimum absolute atomic E-state index is 0.124. The number of fused-ring (bicyclic) bond motifs is 2. The van der Waals surface area contributed by atoms with Crippen molar-refractivity contribution >= 4 is 48.9 Å². The summed E-state index contributed by atoms with van der Waals surface area (Å²) in [5.74, 6) is 0. The molecule has 4 heteroatoms. The van der Waals surface area contributed by atoms with Crippen molar-refractivity contribution in [2.75, 3.05) is 4.90 Å². The highest BCUT2D eigenvalue weighted by atomic mass is 79.9. The fourth-order valence-corrected chi connectivity index (χ4v) is 4.37. The third kappa shape index (κ3) is 2.67. The Bertz CT molecular complexity index is 991. The number of anilines is 3. The number of benzene rings is 3. The van der Waals surface area contributed by atoms with Gasteiger partial charge in [0.15, 0.2) is 0 Å². The SMILES string of the molecule is CC1(C)c2cc(Br)ccc2N(c2ccc(C#N)cc2)c2ccc(Br)cc21. The van der Waals surface area contributed by atoms with Gasteiger partial charge in [-0.25, -0.2) is 0 Å². The van der Waals surface area contributed by atoms with Gasteiger partial charge in [0.25, 0.3) is 0 Å². The second kappa shape index (κ2) is 6.26. The van der Waals surface area contributed by atoms with Crippen molar-refractivity contribution in [3.63, 3.8) is 0 Å². The first-order valence-electron chi connectivity index (χ1n) is 8.32. The third-order valence-corrected chi connectivity index (χ3v) is 5.99. The van der Waals surface area contributed by atoms with Crippen LogP contribution in [0.2, 0.25) is 0 Å². The molecule has 0 amide bonds. The number of rotatable bonds is 1. The van der Waals surface area contributed by atoms with Crippen LogP contribution >= 0.6 is 31.9 Å². The molecule has 4 rings (SSSR count). The van der Waals surface area contributed by atoms with Crippen LogP contribution in [0.1, 0.15) is 30.5 Å². The van der Waals surface area contributed by atoms with Crippen LogP contribution in [0, 0.1) is 11.3 Å². The Labute approximate surface area is 170 Å². The Kier molecular flexibility index (Phi) is 4.17. The molecule has 0 atom stereocenters. The van der Waals surface area contributed by atoms with E-state index in [-0.39, 0.29) is 5.41 Å². The molecule has 1 aliphatic rings. The van der Waals surface area contributed by atoms with Crippen molar-refractivity contribution in [2.24, 2.45) is 0 Å². The molecule has 128 valence electrons. The van der Waals surface area contributed by atoms with E-state index in [1.54, 1.807) is 0 Å². The van der Waals surface area contributed by atoms with Crippen molar-refractivity contribution in [1.82, 2.24) is 0 Å². The van der Waals surface area contributed by atoms with E-state index in [2.05, 4.69) is 93.1 Å². The second-order valence-corrected chi connectivity index (χ2v) is 8.77. The molecule has 0 bridgehead atoms. The highest BCUT2D eigenvalue weighted by molar-refractivity contribution is 9.10. The zero-order chi connectivity index (χ0) is 18.5. The first kappa shape index (κ1) is 17.3. The highest BCUT2D eigenvalue weighted by Gasteiger charge is 2.37. The molecule has 1 heterocycles. The van der Waals surface area contributed by atoms with Crippen LogP contribution < -0.4 is 4.90 Å². The summed E-state index contributed by atoms with van der Waals surface area (Å²) >= 11 is 7.26. The van der Waals surface area contributed by atoms with E-state index < -0.39 is 0 Å². The summed E-state index contributed by atoms with van der Waals surface area (Å²) in [6.45, 7) is 4.53. The van der Waals surface area contributed by atoms with Crippen LogP contribution in [0.4, 0.5) is 17.1 Å². The minimum atomic E-state index is -0.124. The average molecular weight is 468 g/mol. The molecule has 0 saturated heterocycles. The fourth-order valence-electron chi connectivity index (χ4n) is 3.65. The lowest BCUT2D eigenvalue weighted by molar-refractivity contribution is 0.631. The summed E-state index contributed by atoms with van der Waals surface area (Å²) in [5.41, 5.74) is 6.45. The Hall–Kier alpha value is -2.09. The van der Waals surface area contributed by atoms with Gasteiger partial charge in [-0.15, -0.1) is 0 Å². The van der Waals surface area contributed by atoms with Gasteiger partial charge in [0.05, 0.1) is 23.0 Å². The number of nitrogens with zero attached hydrogens (tertiary/aromatic N) is 2. The molecular weight excluding hydrogens is 452 g/mol. The fraction of sp³-hybridized carbons (Fsp3) is 0.136. The molecule has 0 saturated carbocycles. The summed E-state index contributed by atoms with van der Waals surface area (Å²) in [6, 6.07) is 22.8. The van der Waals surface area contributed by atoms with Gasteiger partial charge in [0, 0.05) is 20.0 Å². The number of hydrogen-bond acceptors (Lipinski definition) is 2. The van der Waals surface area contributed by atoms with Crippen LogP contribution in [0.15, 0.2) is 69.6 Å². The second-order valence-electron chi connectivity index (χ2n) is 6.94. The van der Waals surface area contributed by atoms with E-state index in [0.717, 1.165) is 26.0 Å². The largest absolute Gasteiger partial charge is 0.310 e. The van der Waals surface area contributed by atoms with Gasteiger partial charge in [-0.2, -0.15) is 5.26 Å². The lowest BCUT2D eigenvalue weighted by atomic mass is 9.73. The van der Waals surface area contributed by atoms with E-state index in [4.69, 9.17) is 5.26 Å². The zero-order valence-corrected chi connectivity index (χ0v) is 17.6. The Morgan fingerprint density at radius 2 is 1.31 bits per heavy atom. The maximum absolute atomic E-state index is 9.11. The quantitative estimate of drug-likeness (QED) is 0.378. The topological polar surface area (TPSA) is 27.0 Å². The summed E-state index contributed by atoms with van der Waals surface area (Å²) < 4.78 is 2.14. The predicted octanol–water partition coefficient (Wildman–Crippen LogP) is 7.19. The zero-order valence-electron chi connectivity index (χ0n) is 14.4. The first-order chi connectivity index (χ1) is 12.4. The van der Waals surface area contributed by atoms with Crippen molar-refractivity contribution in [2.45, 2.75) is 19.3 Å². The van der Waals surface area contributed by atoms with Gasteiger partial charge in [0.2, 0.25) is 0 Å². The van der Waals surface area contributed by atoms with Gasteiger partial charge >= 0.3 is 0 Å². The summed E-state index contributed by atoms with van der Waals surface area (Å²) in [7, 11) is 0. The lowest BCUT2D eigenvalue weighted by Crippen LogP contribution is -2.30. The van der Waals surface area contributed by atoms with E-state index in [1.807, 2.05) is 24.3 Å². The van der Waals surface area contributed by atoms with Gasteiger partial charge in [-0.3, -0.25) is 0 Å². The molecule has 0 unspecified atom stereocenters. The average Bonchev–Trinajstić information content (AvgIpc) is 2.63. The molecule has 0 aromatic heterocycles. The molecule has 0 spiro atoms. The van der Waals surface area contributed by atoms with Crippen LogP contribution in [-0.4, -0.2) is 0 Å². The van der Waals surface area contributed by atoms with Crippen LogP contribution in [0.3, 0.4) is 0 Å². The molecule has 26 heavy (non-hydrogen) atoms. The molecule has 3 aromatic rings. The van der Waals surface area contributed by atoms with Gasteiger partial charge in [0.1, 0.15) is 0 Å². The van der Waals surface area contributed by atoms with Gasteiger partial charge in [-0.05, 0) is 71.8 Å². The van der Waals surface area contributed by atoms with Crippen LogP contribution in [-0.2, 0) is 5.41 Å². The summed E-state index contributed by atoms with van der Waals surface area (Å²) in [6.07, 6.45) is 0. The number of nitriles is 1. The molecule has 0 fully saturated rings. The van der Waals surface area contributed by atoms with Gasteiger partial charge < -0.3 is 4.90 Å². The lowest BCUT2D eigenvalue weighted by Gasteiger charge is -2.42. The van der Waals surface area contributed by atoms with Crippen molar-refractivity contribution in [1.29, 1.82) is 5.26 Å². The maximum Gasteiger partial charge on any atom is 0.0991 e. The van der Waals surface area contributed by atoms with Gasteiger partial charge in [-0.1, -0.05) is 45.7 Å². The van der Waals surface area contributed by atoms with Crippen LogP contribution in [0.25, 0.3) is 0 Å². The van der Waals surface area contributed by atoms with E-state index in [0.29, 0.717) is 5.56 Å². The standard InChI is InChI=1S/C22H16Br2N2/c1-22(2)18-11-15(23)5-9-20(18)26(17-7-3-14(13-25)4-8-17)21-10-6-16(24)12-19(21)22/h3-12H,1-2H3. The number of halogens is 2. The minimum Gasteiger partial charge on any atom is -0.310 e. The molecule has 0 aliphatic carbocycles. The predicted molar refractivity (Wildman–Crippen MR) is 113 cm³/mol. The van der Waals surface area contributed by atoms with E-state index in [1.165, 1.54) is 11.1 Å². The molecule has 0 N–H and O–H groups in total. The highest BCUT2D eigenvalue weighted by Crippen LogP contribution is 2.52. The summed E-state index contributed by atoms with van der Waals surface area (Å²) in [4.78, 5) is 2.27. The first-order valence-corrected chi connectivity index (χ1v) is 9.91. The molecule has 2 nitrogen and oxygen atoms in total. The Morgan fingerprint density at radius 1 is 0.808 bits per heavy atom. The van der Waals surface area contributed by atoms with Crippen LogP contribution in [0.5, 0.6) is 0 Å². The monoisotopic (exact) mass is 466 g/mol. The maximum atomic E-state index is 9.11. The van der Waals surface area contributed by atoms with Crippen molar-refractivity contribution in [3.05, 3.63) is 86.3 Å². The molecule has 0 radical (unpaired) electrons. The van der Waals surface area contributed by atoms with E-state index >= 15 is 0 Å². The van der Waals surface area contributed by atoms with Crippen molar-refractivity contribution in [3.8, 4) is 6.07 Å².